The summed E-state index contributed by atoms with van der Waals surface area (Å²) in [5.41, 5.74) is -0.905. The molecule has 0 fully saturated rings. The summed E-state index contributed by atoms with van der Waals surface area (Å²) < 4.78 is 26.3. The molecule has 5 nitrogen and oxygen atoms in total. The number of nitrogens with one attached hydrogen (secondary N) is 1. The topological polar surface area (TPSA) is 72.2 Å². The fraction of sp³-hybridized carbons (Fsp3) is 0.0714. The Balaban J connectivity index is 2.24. The van der Waals surface area contributed by atoms with Crippen molar-refractivity contribution in [2.24, 2.45) is 0 Å². The zero-order valence-corrected chi connectivity index (χ0v) is 12.8. The largest absolute Gasteiger partial charge is 0.348 e. The summed E-state index contributed by atoms with van der Waals surface area (Å²) in [6.07, 6.45) is 0. The second kappa shape index (κ2) is 6.89. The van der Waals surface area contributed by atoms with Crippen LogP contribution in [-0.2, 0) is 6.54 Å². The Morgan fingerprint density at radius 3 is 2.43 bits per heavy atom. The average molecular weight is 361 g/mol. The van der Waals surface area contributed by atoms with Crippen LogP contribution >= 0.6 is 23.2 Å². The van der Waals surface area contributed by atoms with Crippen LogP contribution in [0.15, 0.2) is 30.3 Å². The van der Waals surface area contributed by atoms with Crippen LogP contribution in [0.3, 0.4) is 0 Å². The van der Waals surface area contributed by atoms with Gasteiger partial charge in [0.15, 0.2) is 11.6 Å². The summed E-state index contributed by atoms with van der Waals surface area (Å²) in [5, 5.41) is 13.9. The van der Waals surface area contributed by atoms with E-state index in [0.717, 1.165) is 0 Å². The molecular weight excluding hydrogens is 353 g/mol. The van der Waals surface area contributed by atoms with Crippen LogP contribution in [0.4, 0.5) is 14.5 Å². The molecule has 0 aliphatic heterocycles. The third kappa shape index (κ3) is 3.94. The summed E-state index contributed by atoms with van der Waals surface area (Å²) in [6, 6.07) is 5.41. The van der Waals surface area contributed by atoms with Gasteiger partial charge in [-0.1, -0.05) is 29.3 Å². The van der Waals surface area contributed by atoms with Crippen molar-refractivity contribution in [1.82, 2.24) is 5.32 Å². The van der Waals surface area contributed by atoms with E-state index in [1.165, 1.54) is 6.07 Å². The summed E-state index contributed by atoms with van der Waals surface area (Å²) >= 11 is 11.7. The minimum absolute atomic E-state index is 0.0645. The molecule has 1 amide bonds. The minimum Gasteiger partial charge on any atom is -0.348 e. The number of hydrogen-bond donors (Lipinski definition) is 1. The third-order valence-corrected chi connectivity index (χ3v) is 3.52. The molecule has 2 rings (SSSR count). The number of hydrogen-bond acceptors (Lipinski definition) is 3. The Morgan fingerprint density at radius 2 is 1.83 bits per heavy atom. The Kier molecular flexibility index (Phi) is 5.12. The van der Waals surface area contributed by atoms with Crippen molar-refractivity contribution in [2.75, 3.05) is 0 Å². The van der Waals surface area contributed by atoms with E-state index >= 15 is 0 Å². The lowest BCUT2D eigenvalue weighted by Crippen LogP contribution is -2.24. The standard InChI is InChI=1S/C14H8Cl2F2N2O3/c15-8-2-1-7(10(16)3-8)6-19-14(21)9-4-11(17)12(18)5-13(9)20(22)23/h1-5H,6H2,(H,19,21). The van der Waals surface area contributed by atoms with Gasteiger partial charge in [0.1, 0.15) is 5.56 Å². The van der Waals surface area contributed by atoms with Gasteiger partial charge in [-0.25, -0.2) is 8.78 Å². The number of rotatable bonds is 4. The molecule has 0 unspecified atom stereocenters. The number of carbonyl (C=O) groups is 1. The SMILES string of the molecule is O=C(NCc1ccc(Cl)cc1Cl)c1cc(F)c(F)cc1[N+](=O)[O-]. The van der Waals surface area contributed by atoms with Crippen LogP contribution in [0.25, 0.3) is 0 Å². The van der Waals surface area contributed by atoms with Gasteiger partial charge >= 0.3 is 0 Å². The van der Waals surface area contributed by atoms with Crippen molar-refractivity contribution >= 4 is 34.8 Å². The second-order valence-electron chi connectivity index (χ2n) is 4.46. The Morgan fingerprint density at radius 1 is 1.17 bits per heavy atom. The maximum Gasteiger partial charge on any atom is 0.285 e. The van der Waals surface area contributed by atoms with Gasteiger partial charge in [0.05, 0.1) is 11.0 Å². The van der Waals surface area contributed by atoms with Gasteiger partial charge in [-0.05, 0) is 23.8 Å². The first-order valence-electron chi connectivity index (χ1n) is 6.15. The molecule has 0 aliphatic carbocycles. The second-order valence-corrected chi connectivity index (χ2v) is 5.30. The van der Waals surface area contributed by atoms with Crippen LogP contribution in [0, 0.1) is 21.7 Å². The molecular formula is C14H8Cl2F2N2O3. The summed E-state index contributed by atoms with van der Waals surface area (Å²) in [6.45, 7) is -0.0645. The zero-order valence-electron chi connectivity index (χ0n) is 11.3. The molecule has 0 heterocycles. The normalized spacial score (nSPS) is 10.4. The predicted molar refractivity (Wildman–Crippen MR) is 80.6 cm³/mol. The smallest absolute Gasteiger partial charge is 0.285 e. The zero-order chi connectivity index (χ0) is 17.1. The van der Waals surface area contributed by atoms with Crippen molar-refractivity contribution in [3.63, 3.8) is 0 Å². The van der Waals surface area contributed by atoms with E-state index in [4.69, 9.17) is 23.2 Å². The van der Waals surface area contributed by atoms with Gasteiger partial charge in [-0.3, -0.25) is 14.9 Å². The molecule has 2 aromatic carbocycles. The van der Waals surface area contributed by atoms with Crippen molar-refractivity contribution in [3.8, 4) is 0 Å². The molecule has 9 heteroatoms. The lowest BCUT2D eigenvalue weighted by atomic mass is 10.1. The van der Waals surface area contributed by atoms with Crippen molar-refractivity contribution in [1.29, 1.82) is 0 Å². The van der Waals surface area contributed by atoms with Gasteiger partial charge in [0.2, 0.25) is 0 Å². The first kappa shape index (κ1) is 17.1. The summed E-state index contributed by atoms with van der Waals surface area (Å²) in [7, 11) is 0. The Hall–Kier alpha value is -2.25. The molecule has 2 aromatic rings. The molecule has 0 bridgehead atoms. The van der Waals surface area contributed by atoms with E-state index in [0.29, 0.717) is 22.7 Å². The Bertz CT molecular complexity index is 800. The summed E-state index contributed by atoms with van der Waals surface area (Å²) in [4.78, 5) is 21.9. The van der Waals surface area contributed by atoms with E-state index in [1.807, 2.05) is 0 Å². The number of amides is 1. The van der Waals surface area contributed by atoms with Crippen molar-refractivity contribution in [3.05, 3.63) is 73.3 Å². The van der Waals surface area contributed by atoms with Gasteiger partial charge in [0, 0.05) is 16.6 Å². The van der Waals surface area contributed by atoms with Gasteiger partial charge in [-0.2, -0.15) is 0 Å². The molecule has 1 N–H and O–H groups in total. The van der Waals surface area contributed by atoms with Crippen LogP contribution in [-0.4, -0.2) is 10.8 Å². The first-order chi connectivity index (χ1) is 10.8. The highest BCUT2D eigenvalue weighted by atomic mass is 35.5. The van der Waals surface area contributed by atoms with E-state index < -0.39 is 33.7 Å². The number of halogens is 4. The minimum atomic E-state index is -1.41. The Labute approximate surface area is 139 Å². The maximum absolute atomic E-state index is 13.2. The van der Waals surface area contributed by atoms with E-state index in [2.05, 4.69) is 5.32 Å². The number of benzene rings is 2. The van der Waals surface area contributed by atoms with Crippen LogP contribution in [0.1, 0.15) is 15.9 Å². The van der Waals surface area contributed by atoms with Crippen molar-refractivity contribution in [2.45, 2.75) is 6.54 Å². The lowest BCUT2D eigenvalue weighted by Gasteiger charge is -2.08. The molecule has 120 valence electrons. The number of carbonyl (C=O) groups excluding carboxylic acids is 1. The maximum atomic E-state index is 13.2. The molecule has 0 atom stereocenters. The highest BCUT2D eigenvalue weighted by molar-refractivity contribution is 6.35. The number of nitro benzene ring substituents is 1. The fourth-order valence-corrected chi connectivity index (χ4v) is 2.28. The van der Waals surface area contributed by atoms with Crippen LogP contribution in [0.5, 0.6) is 0 Å². The molecule has 0 saturated heterocycles. The monoisotopic (exact) mass is 360 g/mol. The molecule has 0 aromatic heterocycles. The molecule has 0 aliphatic rings. The van der Waals surface area contributed by atoms with Gasteiger partial charge < -0.3 is 5.32 Å². The van der Waals surface area contributed by atoms with E-state index in [-0.39, 0.29) is 11.6 Å². The first-order valence-corrected chi connectivity index (χ1v) is 6.90. The predicted octanol–water partition coefficient (Wildman–Crippen LogP) is 4.11. The lowest BCUT2D eigenvalue weighted by molar-refractivity contribution is -0.385. The van der Waals surface area contributed by atoms with E-state index in [1.54, 1.807) is 12.1 Å². The molecule has 23 heavy (non-hydrogen) atoms. The highest BCUT2D eigenvalue weighted by Gasteiger charge is 2.23. The third-order valence-electron chi connectivity index (χ3n) is 2.93. The van der Waals surface area contributed by atoms with E-state index in [9.17, 15) is 23.7 Å². The fourth-order valence-electron chi connectivity index (χ4n) is 1.81. The number of nitro groups is 1. The molecule has 0 radical (unpaired) electrons. The van der Waals surface area contributed by atoms with Gasteiger partial charge in [-0.15, -0.1) is 0 Å². The summed E-state index contributed by atoms with van der Waals surface area (Å²) in [5.74, 6) is -3.69. The highest BCUT2D eigenvalue weighted by Crippen LogP contribution is 2.23. The average Bonchev–Trinajstić information content (AvgIpc) is 2.48. The van der Waals surface area contributed by atoms with Crippen LogP contribution in [0.2, 0.25) is 10.0 Å². The quantitative estimate of drug-likeness (QED) is 0.658. The molecule has 0 spiro atoms. The van der Waals surface area contributed by atoms with Crippen LogP contribution < -0.4 is 5.32 Å². The molecule has 0 saturated carbocycles. The number of nitrogens with zero attached hydrogens (tertiary/aromatic N) is 1. The van der Waals surface area contributed by atoms with Gasteiger partial charge in [0.25, 0.3) is 11.6 Å². The van der Waals surface area contributed by atoms with Crippen molar-refractivity contribution < 1.29 is 18.5 Å².